The summed E-state index contributed by atoms with van der Waals surface area (Å²) in [4.78, 5) is 16.2. The van der Waals surface area contributed by atoms with E-state index in [1.165, 1.54) is 0 Å². The molecular weight excluding hydrogens is 1100 g/mol. The third-order valence-corrected chi connectivity index (χ3v) is 11.3. The Kier molecular flexibility index (Phi) is 17.3. The van der Waals surface area contributed by atoms with Gasteiger partial charge in [-0.1, -0.05) is 92.2 Å². The first-order chi connectivity index (χ1) is 35.1. The number of ether oxygens (including phenoxy) is 1. The number of hydrogen-bond donors (Lipinski definition) is 0. The van der Waals surface area contributed by atoms with Gasteiger partial charge in [-0.15, -0.1) is 0 Å². The number of hydrogen-bond acceptors (Lipinski definition) is 3. The molecule has 0 amide bonds. The number of halogens is 24. The highest BCUT2D eigenvalue weighted by Crippen LogP contribution is 2.41. The van der Waals surface area contributed by atoms with Gasteiger partial charge in [-0.2, -0.15) is 132 Å². The van der Waals surface area contributed by atoms with Crippen LogP contribution < -0.4 is 31.2 Å². The lowest BCUT2D eigenvalue weighted by Gasteiger charge is -2.46. The number of carbonyl (C=O) groups excluding carboxylic acids is 1. The Bertz CT molecular complexity index is 2610. The number of aromatic nitrogens is 2. The van der Waals surface area contributed by atoms with Crippen molar-refractivity contribution in [2.24, 2.45) is 0 Å². The molecule has 0 bridgehead atoms. The molecular formula is C48H31BF24N2O2. The van der Waals surface area contributed by atoms with Crippen LogP contribution in [-0.2, 0) is 56.0 Å². The maximum atomic E-state index is 14.2. The number of ketones is 1. The average molecular weight is 1130 g/mol. The van der Waals surface area contributed by atoms with Crippen molar-refractivity contribution < 1.29 is 119 Å². The average Bonchev–Trinajstić information content (AvgIpc) is 3.30. The molecule has 0 aliphatic rings. The van der Waals surface area contributed by atoms with Gasteiger partial charge in [-0.05, 0) is 30.7 Å². The van der Waals surface area contributed by atoms with Crippen molar-refractivity contribution in [3.63, 3.8) is 0 Å². The molecule has 0 spiro atoms. The molecule has 77 heavy (non-hydrogen) atoms. The molecule has 1 aromatic heterocycles. The van der Waals surface area contributed by atoms with E-state index >= 15 is 0 Å². The minimum Gasteiger partial charge on any atom is -0.473 e. The molecule has 0 saturated carbocycles. The predicted molar refractivity (Wildman–Crippen MR) is 226 cm³/mol. The Morgan fingerprint density at radius 3 is 1.00 bits per heavy atom. The van der Waals surface area contributed by atoms with E-state index in [0.717, 1.165) is 12.8 Å². The number of benzene rings is 5. The topological polar surface area (TPSA) is 43.1 Å². The van der Waals surface area contributed by atoms with E-state index in [1.807, 2.05) is 30.3 Å². The summed E-state index contributed by atoms with van der Waals surface area (Å²) in [5.74, 6) is 0.628. The van der Waals surface area contributed by atoms with E-state index in [4.69, 9.17) is 4.74 Å². The highest BCUT2D eigenvalue weighted by molar-refractivity contribution is 7.20. The first-order valence-corrected chi connectivity index (χ1v) is 21.5. The van der Waals surface area contributed by atoms with Gasteiger partial charge >= 0.3 is 49.4 Å². The standard InChI is InChI=1S/C32H12BF24.C16H19N2O2/c34-25(35,36)13-1-14(26(37,38)39)6-21(5-13)33(22-7-15(27(40,41)42)2-16(8-22)28(43,44)45,23-9-17(29(46,47)48)3-18(10-23)30(49,50)51)24-11-19(31(52,53)54)4-20(12-24)32(55,56)57;1-2-3-11-20-16-13-18(10-9-17-16)12-15(19)14-7-5-4-6-8-14/h1-12H;4-10,13H,2-3,11-12H2,1H3/q-1;+1. The van der Waals surface area contributed by atoms with Crippen molar-refractivity contribution in [2.45, 2.75) is 75.7 Å². The summed E-state index contributed by atoms with van der Waals surface area (Å²) in [7, 11) is 0. The zero-order valence-electron chi connectivity index (χ0n) is 38.2. The Morgan fingerprint density at radius 1 is 0.455 bits per heavy atom. The van der Waals surface area contributed by atoms with Crippen LogP contribution >= 0.6 is 0 Å². The van der Waals surface area contributed by atoms with Crippen molar-refractivity contribution in [3.8, 4) is 5.88 Å². The normalized spacial score (nSPS) is 13.3. The second kappa shape index (κ2) is 21.8. The van der Waals surface area contributed by atoms with Crippen LogP contribution in [0.1, 0.15) is 74.6 Å². The molecule has 0 radical (unpaired) electrons. The van der Waals surface area contributed by atoms with Crippen molar-refractivity contribution in [1.29, 1.82) is 0 Å². The second-order valence-corrected chi connectivity index (χ2v) is 16.8. The molecule has 0 N–H and O–H groups in total. The Labute approximate surface area is 417 Å². The highest BCUT2D eigenvalue weighted by atomic mass is 19.4. The van der Waals surface area contributed by atoms with Gasteiger partial charge in [0.15, 0.2) is 6.20 Å². The lowest BCUT2D eigenvalue weighted by molar-refractivity contribution is -0.684. The van der Waals surface area contributed by atoms with Crippen molar-refractivity contribution in [1.82, 2.24) is 4.98 Å². The van der Waals surface area contributed by atoms with Gasteiger partial charge in [0.25, 0.3) is 5.88 Å². The molecule has 416 valence electrons. The number of alkyl halides is 24. The van der Waals surface area contributed by atoms with Crippen molar-refractivity contribution >= 4 is 33.8 Å². The van der Waals surface area contributed by atoms with Crippen LogP contribution in [-0.4, -0.2) is 23.5 Å². The van der Waals surface area contributed by atoms with E-state index in [1.54, 1.807) is 23.2 Å². The van der Waals surface area contributed by atoms with Gasteiger partial charge in [0, 0.05) is 5.56 Å². The summed E-state index contributed by atoms with van der Waals surface area (Å²) in [6.45, 7) is 3.05. The van der Waals surface area contributed by atoms with E-state index in [9.17, 15) is 110 Å². The molecule has 0 fully saturated rings. The maximum Gasteiger partial charge on any atom is 0.416 e. The molecule has 4 nitrogen and oxygen atoms in total. The lowest BCUT2D eigenvalue weighted by Crippen LogP contribution is -2.75. The fraction of sp³-hybridized carbons (Fsp3) is 0.271. The first-order valence-electron chi connectivity index (χ1n) is 21.5. The Morgan fingerprint density at radius 2 is 0.740 bits per heavy atom. The van der Waals surface area contributed by atoms with Gasteiger partial charge in [-0.3, -0.25) is 4.79 Å². The number of unbranched alkanes of at least 4 members (excludes halogenated alkanes) is 1. The third-order valence-electron chi connectivity index (χ3n) is 11.3. The van der Waals surface area contributed by atoms with Gasteiger partial charge in [0.05, 0.1) is 57.3 Å². The van der Waals surface area contributed by atoms with Gasteiger partial charge < -0.3 is 4.74 Å². The van der Waals surface area contributed by atoms with Crippen LogP contribution in [0.2, 0.25) is 0 Å². The Balaban J connectivity index is 0.000000455. The third kappa shape index (κ3) is 15.0. The largest absolute Gasteiger partial charge is 0.473 e. The van der Waals surface area contributed by atoms with Crippen LogP contribution in [0.3, 0.4) is 0 Å². The molecule has 6 rings (SSSR count). The summed E-state index contributed by atoms with van der Waals surface area (Å²) in [5.41, 5.74) is -29.5. The summed E-state index contributed by atoms with van der Waals surface area (Å²) in [6, 6.07) is 0.463. The van der Waals surface area contributed by atoms with E-state index < -0.39 is 195 Å². The number of Topliss-reactive ketones (excluding diaryl/α,β-unsaturated/α-hetero) is 1. The zero-order valence-corrected chi connectivity index (χ0v) is 38.2. The van der Waals surface area contributed by atoms with Crippen LogP contribution in [0.15, 0.2) is 122 Å². The van der Waals surface area contributed by atoms with Crippen molar-refractivity contribution in [2.75, 3.05) is 6.61 Å². The minimum absolute atomic E-state index is 0.0707. The van der Waals surface area contributed by atoms with E-state index in [-0.39, 0.29) is 12.3 Å². The molecule has 1 heterocycles. The fourth-order valence-electron chi connectivity index (χ4n) is 7.86. The van der Waals surface area contributed by atoms with Crippen LogP contribution in [0.4, 0.5) is 105 Å². The molecule has 0 aliphatic heterocycles. The Hall–Kier alpha value is -6.97. The fourth-order valence-corrected chi connectivity index (χ4v) is 7.86. The molecule has 29 heteroatoms. The van der Waals surface area contributed by atoms with Crippen LogP contribution in [0, 0.1) is 0 Å². The maximum absolute atomic E-state index is 14.2. The number of nitrogens with zero attached hydrogens (tertiary/aromatic N) is 2. The SMILES string of the molecule is CCCCOc1c[n+](CC(=O)c2ccccc2)ccn1.FC(F)(F)c1cc([B-](c2cc(C(F)(F)F)cc(C(F)(F)F)c2)(c2cc(C(F)(F)F)cc(C(F)(F)F)c2)c2cc(C(F)(F)F)cc(C(F)(F)F)c2)cc(C(F)(F)F)c1. The number of rotatable bonds is 11. The first kappa shape index (κ1) is 60.9. The van der Waals surface area contributed by atoms with Crippen molar-refractivity contribution in [3.05, 3.63) is 172 Å². The monoisotopic (exact) mass is 1130 g/mol. The molecule has 5 aromatic carbocycles. The number of carbonyl (C=O) groups is 1. The molecule has 0 unspecified atom stereocenters. The quantitative estimate of drug-likeness (QED) is 0.0427. The van der Waals surface area contributed by atoms with Gasteiger partial charge in [0.2, 0.25) is 18.5 Å². The van der Waals surface area contributed by atoms with Gasteiger partial charge in [-0.25, -0.2) is 4.98 Å². The molecule has 0 saturated heterocycles. The van der Waals surface area contributed by atoms with E-state index in [2.05, 4.69) is 11.9 Å². The molecule has 6 aromatic rings. The molecule has 0 atom stereocenters. The summed E-state index contributed by atoms with van der Waals surface area (Å²) < 4.78 is 348. The lowest BCUT2D eigenvalue weighted by atomic mass is 9.12. The van der Waals surface area contributed by atoms with Crippen LogP contribution in [0.25, 0.3) is 0 Å². The predicted octanol–water partition coefficient (Wildman–Crippen LogP) is 13.6. The molecule has 0 aliphatic carbocycles. The summed E-state index contributed by atoms with van der Waals surface area (Å²) in [6.07, 6.45) is -47.5. The van der Waals surface area contributed by atoms with Crippen LogP contribution in [0.5, 0.6) is 5.88 Å². The van der Waals surface area contributed by atoms with Gasteiger partial charge in [0.1, 0.15) is 6.15 Å². The summed E-state index contributed by atoms with van der Waals surface area (Å²) in [5, 5.41) is 0. The highest BCUT2D eigenvalue weighted by Gasteiger charge is 2.47. The summed E-state index contributed by atoms with van der Waals surface area (Å²) >= 11 is 0. The zero-order chi connectivity index (χ0) is 58.1. The minimum atomic E-state index is -6.13. The van der Waals surface area contributed by atoms with E-state index in [0.29, 0.717) is 18.1 Å². The smallest absolute Gasteiger partial charge is 0.416 e. The second-order valence-electron chi connectivity index (χ2n) is 16.8.